The van der Waals surface area contributed by atoms with E-state index < -0.39 is 18.1 Å². The molecule has 6 rings (SSSR count). The van der Waals surface area contributed by atoms with Gasteiger partial charge in [-0.25, -0.2) is 9.59 Å². The number of aliphatic imine (C=N–C) groups is 1. The minimum Gasteiger partial charge on any atom is -0.511 e. The summed E-state index contributed by atoms with van der Waals surface area (Å²) >= 11 is 0. The van der Waals surface area contributed by atoms with Crippen molar-refractivity contribution in [1.29, 1.82) is 0 Å². The molecule has 0 bridgehead atoms. The van der Waals surface area contributed by atoms with Gasteiger partial charge >= 0.3 is 12.1 Å². The van der Waals surface area contributed by atoms with Crippen molar-refractivity contribution in [1.82, 2.24) is 5.32 Å². The minimum atomic E-state index is -1.03. The summed E-state index contributed by atoms with van der Waals surface area (Å²) in [6.45, 7) is 14.0. The van der Waals surface area contributed by atoms with Crippen LogP contribution in [0.4, 0.5) is 10.5 Å². The van der Waals surface area contributed by atoms with Crippen molar-refractivity contribution in [2.45, 2.75) is 98.3 Å². The molecule has 0 heterocycles. The second kappa shape index (κ2) is 17.2. The second-order valence-electron chi connectivity index (χ2n) is 17.3. The van der Waals surface area contributed by atoms with Crippen molar-refractivity contribution in [3.05, 3.63) is 131 Å². The molecule has 0 saturated heterocycles. The Bertz CT molecular complexity index is 2110. The van der Waals surface area contributed by atoms with Crippen molar-refractivity contribution >= 4 is 29.2 Å². The van der Waals surface area contributed by atoms with Crippen LogP contribution in [0.5, 0.6) is 5.75 Å². The number of carbonyl (C=O) groups is 3. The standard InChI is InChI=1S/C48H54N2O7/c1-30(2)24-40(44-42(51)26-48(6,7)27-43(44)52)49-33-20-16-32(17-21-33)28-55-45(53)41(25-31-18-22-34(23-19-31)57-47(3,4)5)50-46(54)56-29-39-37-14-10-8-12-35(37)36-13-9-11-15-38(36)39/h8-23,30,39,41,51H,24-29H2,1-7H3,(H,50,54)/t41-/m1/s1. The zero-order chi connectivity index (χ0) is 40.9. The first kappa shape index (κ1) is 40.9. The predicted molar refractivity (Wildman–Crippen MR) is 223 cm³/mol. The summed E-state index contributed by atoms with van der Waals surface area (Å²) in [5.41, 5.74) is 6.80. The third kappa shape index (κ3) is 10.6. The second-order valence-corrected chi connectivity index (χ2v) is 17.3. The van der Waals surface area contributed by atoms with Gasteiger partial charge < -0.3 is 24.6 Å². The van der Waals surface area contributed by atoms with E-state index in [0.29, 0.717) is 47.5 Å². The molecular weight excluding hydrogens is 717 g/mol. The van der Waals surface area contributed by atoms with Gasteiger partial charge in [0.05, 0.1) is 17.0 Å². The number of hydrogen-bond donors (Lipinski definition) is 2. The molecule has 1 amide bonds. The molecule has 0 aliphatic heterocycles. The lowest BCUT2D eigenvalue weighted by atomic mass is 9.75. The highest BCUT2D eigenvalue weighted by atomic mass is 16.6. The monoisotopic (exact) mass is 770 g/mol. The number of Topliss-reactive ketones (excluding diaryl/α,β-unsaturated/α-hetero) is 1. The van der Waals surface area contributed by atoms with Gasteiger partial charge in [-0.05, 0) is 96.2 Å². The lowest BCUT2D eigenvalue weighted by Crippen LogP contribution is -2.43. The first-order valence-corrected chi connectivity index (χ1v) is 19.7. The van der Waals surface area contributed by atoms with Crippen molar-refractivity contribution in [2.75, 3.05) is 6.61 Å². The molecule has 0 aromatic heterocycles. The van der Waals surface area contributed by atoms with Gasteiger partial charge in [-0.15, -0.1) is 0 Å². The Morgan fingerprint density at radius 1 is 0.842 bits per heavy atom. The molecule has 4 aromatic carbocycles. The number of nitrogens with one attached hydrogen (secondary N) is 1. The SMILES string of the molecule is CC(C)CC(=Nc1ccc(COC(=O)[C@@H](Cc2ccc(OC(C)(C)C)cc2)NC(=O)OCC2c3ccccc3-c3ccccc32)cc1)C1=C(O)CC(C)(C)CC1=O. The van der Waals surface area contributed by atoms with Crippen LogP contribution in [-0.2, 0) is 32.1 Å². The molecule has 57 heavy (non-hydrogen) atoms. The van der Waals surface area contributed by atoms with E-state index in [9.17, 15) is 19.5 Å². The number of esters is 1. The highest BCUT2D eigenvalue weighted by molar-refractivity contribution is 6.23. The third-order valence-electron chi connectivity index (χ3n) is 10.0. The van der Waals surface area contributed by atoms with E-state index >= 15 is 0 Å². The van der Waals surface area contributed by atoms with E-state index in [1.165, 1.54) is 0 Å². The van der Waals surface area contributed by atoms with E-state index in [1.54, 1.807) is 24.3 Å². The molecule has 0 radical (unpaired) electrons. The molecule has 9 nitrogen and oxygen atoms in total. The quantitative estimate of drug-likeness (QED) is 0.102. The number of hydrogen-bond acceptors (Lipinski definition) is 8. The molecular formula is C48H54N2O7. The molecule has 2 aliphatic carbocycles. The summed E-state index contributed by atoms with van der Waals surface area (Å²) in [5.74, 6) is 0.171. The molecule has 0 fully saturated rings. The third-order valence-corrected chi connectivity index (χ3v) is 10.0. The van der Waals surface area contributed by atoms with Crippen LogP contribution in [0.25, 0.3) is 11.1 Å². The maximum Gasteiger partial charge on any atom is 0.407 e. The number of carbonyl (C=O) groups excluding carboxylic acids is 3. The fraction of sp³-hybridized carbons (Fsp3) is 0.375. The largest absolute Gasteiger partial charge is 0.511 e. The zero-order valence-electron chi connectivity index (χ0n) is 34.1. The maximum atomic E-state index is 13.7. The molecule has 4 aromatic rings. The molecule has 2 N–H and O–H groups in total. The zero-order valence-corrected chi connectivity index (χ0v) is 34.1. The number of alkyl carbamates (subject to hydrolysis) is 1. The van der Waals surface area contributed by atoms with Crippen LogP contribution in [0.2, 0.25) is 0 Å². The molecule has 0 saturated carbocycles. The number of aliphatic hydroxyl groups excluding tert-OH is 1. The van der Waals surface area contributed by atoms with Crippen LogP contribution in [0.15, 0.2) is 113 Å². The van der Waals surface area contributed by atoms with Crippen molar-refractivity contribution in [2.24, 2.45) is 16.3 Å². The topological polar surface area (TPSA) is 124 Å². The fourth-order valence-electron chi connectivity index (χ4n) is 7.54. The van der Waals surface area contributed by atoms with Crippen LogP contribution in [0, 0.1) is 11.3 Å². The van der Waals surface area contributed by atoms with E-state index in [1.807, 2.05) is 97.0 Å². The normalized spacial score (nSPS) is 15.9. The molecule has 2 aliphatic rings. The van der Waals surface area contributed by atoms with Gasteiger partial charge in [0.2, 0.25) is 0 Å². The Morgan fingerprint density at radius 2 is 1.44 bits per heavy atom. The number of ether oxygens (including phenoxy) is 3. The first-order valence-electron chi connectivity index (χ1n) is 19.7. The van der Waals surface area contributed by atoms with Gasteiger partial charge in [0.25, 0.3) is 0 Å². The lowest BCUT2D eigenvalue weighted by Gasteiger charge is -2.30. The fourth-order valence-corrected chi connectivity index (χ4v) is 7.54. The average Bonchev–Trinajstić information content (AvgIpc) is 3.46. The van der Waals surface area contributed by atoms with Crippen LogP contribution < -0.4 is 10.1 Å². The number of benzene rings is 4. The summed E-state index contributed by atoms with van der Waals surface area (Å²) in [5, 5.41) is 13.7. The number of rotatable bonds is 13. The lowest BCUT2D eigenvalue weighted by molar-refractivity contribution is -0.147. The van der Waals surface area contributed by atoms with E-state index in [4.69, 9.17) is 19.2 Å². The number of ketones is 1. The highest BCUT2D eigenvalue weighted by Gasteiger charge is 2.35. The van der Waals surface area contributed by atoms with Gasteiger partial charge in [0.1, 0.15) is 36.4 Å². The summed E-state index contributed by atoms with van der Waals surface area (Å²) in [6, 6.07) is 29.8. The smallest absolute Gasteiger partial charge is 0.407 e. The van der Waals surface area contributed by atoms with Gasteiger partial charge in [-0.1, -0.05) is 100 Å². The van der Waals surface area contributed by atoms with E-state index in [2.05, 4.69) is 29.6 Å². The maximum absolute atomic E-state index is 13.7. The summed E-state index contributed by atoms with van der Waals surface area (Å²) in [6.07, 6.45) is 0.761. The van der Waals surface area contributed by atoms with Crippen molar-refractivity contribution in [3.63, 3.8) is 0 Å². The average molecular weight is 771 g/mol. The van der Waals surface area contributed by atoms with Crippen LogP contribution in [0.3, 0.4) is 0 Å². The van der Waals surface area contributed by atoms with E-state index in [-0.39, 0.29) is 54.0 Å². The first-order chi connectivity index (χ1) is 27.0. The highest BCUT2D eigenvalue weighted by Crippen LogP contribution is 2.44. The Labute approximate surface area is 336 Å². The van der Waals surface area contributed by atoms with Gasteiger partial charge in [0, 0.05) is 25.2 Å². The Balaban J connectivity index is 1.14. The van der Waals surface area contributed by atoms with Crippen molar-refractivity contribution in [3.8, 4) is 16.9 Å². The Morgan fingerprint density at radius 3 is 2.02 bits per heavy atom. The predicted octanol–water partition coefficient (Wildman–Crippen LogP) is 10.4. The van der Waals surface area contributed by atoms with E-state index in [0.717, 1.165) is 27.8 Å². The molecule has 0 unspecified atom stereocenters. The molecule has 0 spiro atoms. The Hall–Kier alpha value is -5.70. The summed E-state index contributed by atoms with van der Waals surface area (Å²) in [7, 11) is 0. The number of allylic oxidation sites excluding steroid dienone is 2. The Kier molecular flexibility index (Phi) is 12.4. The number of aliphatic hydroxyl groups is 1. The van der Waals surface area contributed by atoms with Gasteiger partial charge in [0.15, 0.2) is 5.78 Å². The number of nitrogens with zero attached hydrogens (tertiary/aromatic N) is 1. The van der Waals surface area contributed by atoms with Gasteiger partial charge in [-0.3, -0.25) is 9.79 Å². The molecule has 298 valence electrons. The van der Waals surface area contributed by atoms with Crippen LogP contribution in [-0.4, -0.2) is 46.9 Å². The van der Waals surface area contributed by atoms with Crippen molar-refractivity contribution < 1.29 is 33.7 Å². The number of fused-ring (bicyclic) bond motifs is 3. The van der Waals surface area contributed by atoms with Crippen LogP contribution in [0.1, 0.15) is 95.9 Å². The summed E-state index contributed by atoms with van der Waals surface area (Å²) < 4.78 is 17.6. The van der Waals surface area contributed by atoms with Crippen LogP contribution >= 0.6 is 0 Å². The number of amides is 1. The molecule has 9 heteroatoms. The molecule has 1 atom stereocenters. The summed E-state index contributed by atoms with van der Waals surface area (Å²) in [4.78, 5) is 45.0. The minimum absolute atomic E-state index is 0.0393. The van der Waals surface area contributed by atoms with Gasteiger partial charge in [-0.2, -0.15) is 0 Å².